The van der Waals surface area contributed by atoms with Gasteiger partial charge >= 0.3 is 0 Å². The molecule has 0 amide bonds. The molecular weight excluding hydrogens is 254 g/mol. The summed E-state index contributed by atoms with van der Waals surface area (Å²) in [5, 5.41) is 14.9. The molecule has 1 saturated carbocycles. The van der Waals surface area contributed by atoms with Crippen LogP contribution in [0.1, 0.15) is 32.1 Å². The Morgan fingerprint density at radius 3 is 2.78 bits per heavy atom. The van der Waals surface area contributed by atoms with Gasteiger partial charge in [0, 0.05) is 19.0 Å². The molecule has 1 saturated heterocycles. The first-order valence-corrected chi connectivity index (χ1v) is 8.17. The minimum absolute atomic E-state index is 0.0634. The van der Waals surface area contributed by atoms with Crippen LogP contribution in [0.15, 0.2) is 5.16 Å². The number of oxime groups is 1. The molecule has 104 valence electrons. The zero-order valence-electron chi connectivity index (χ0n) is 10.4. The summed E-state index contributed by atoms with van der Waals surface area (Å²) in [6.07, 6.45) is 4.34. The van der Waals surface area contributed by atoms with Crippen molar-refractivity contribution >= 4 is 15.7 Å². The van der Waals surface area contributed by atoms with E-state index in [1.807, 2.05) is 0 Å². The topological polar surface area (TPSA) is 105 Å². The summed E-state index contributed by atoms with van der Waals surface area (Å²) < 4.78 is 23.0. The van der Waals surface area contributed by atoms with Crippen molar-refractivity contribution in [3.05, 3.63) is 0 Å². The van der Waals surface area contributed by atoms with E-state index in [1.54, 1.807) is 0 Å². The molecule has 0 aromatic carbocycles. The van der Waals surface area contributed by atoms with Gasteiger partial charge in [0.15, 0.2) is 9.84 Å². The summed E-state index contributed by atoms with van der Waals surface area (Å²) >= 11 is 0. The van der Waals surface area contributed by atoms with Crippen LogP contribution in [0.3, 0.4) is 0 Å². The molecule has 0 bridgehead atoms. The predicted molar refractivity (Wildman–Crippen MR) is 69.4 cm³/mol. The normalized spacial score (nSPS) is 30.0. The van der Waals surface area contributed by atoms with E-state index in [0.717, 1.165) is 32.2 Å². The van der Waals surface area contributed by atoms with Crippen molar-refractivity contribution in [1.82, 2.24) is 5.32 Å². The summed E-state index contributed by atoms with van der Waals surface area (Å²) in [7, 11) is -2.86. The van der Waals surface area contributed by atoms with E-state index < -0.39 is 9.84 Å². The summed E-state index contributed by atoms with van der Waals surface area (Å²) in [6, 6.07) is 0.0634. The molecule has 0 spiro atoms. The van der Waals surface area contributed by atoms with Crippen molar-refractivity contribution in [2.75, 3.05) is 18.1 Å². The molecular formula is C11H21N3O3S. The highest BCUT2D eigenvalue weighted by molar-refractivity contribution is 7.91. The van der Waals surface area contributed by atoms with Crippen molar-refractivity contribution in [1.29, 1.82) is 0 Å². The average Bonchev–Trinajstić information content (AvgIpc) is 3.05. The smallest absolute Gasteiger partial charge is 0.151 e. The van der Waals surface area contributed by atoms with Crippen LogP contribution in [0.5, 0.6) is 0 Å². The largest absolute Gasteiger partial charge is 0.409 e. The van der Waals surface area contributed by atoms with Crippen LogP contribution >= 0.6 is 0 Å². The quantitative estimate of drug-likeness (QED) is 0.285. The Balaban J connectivity index is 1.81. The van der Waals surface area contributed by atoms with Gasteiger partial charge in [-0.25, -0.2) is 8.42 Å². The van der Waals surface area contributed by atoms with Crippen LogP contribution in [0.4, 0.5) is 0 Å². The number of hydrogen-bond donors (Lipinski definition) is 3. The molecule has 0 aromatic rings. The molecule has 1 aliphatic heterocycles. The maximum Gasteiger partial charge on any atom is 0.151 e. The van der Waals surface area contributed by atoms with Gasteiger partial charge in [-0.2, -0.15) is 0 Å². The fourth-order valence-corrected chi connectivity index (χ4v) is 4.23. The molecule has 2 fully saturated rings. The number of amidine groups is 1. The molecule has 2 rings (SSSR count). The SMILES string of the molecule is NC(CC1(CNC2CCCS(=O)(=O)C2)CC1)=NO. The van der Waals surface area contributed by atoms with E-state index in [4.69, 9.17) is 10.9 Å². The lowest BCUT2D eigenvalue weighted by atomic mass is 10.0. The maximum absolute atomic E-state index is 11.5. The molecule has 0 radical (unpaired) electrons. The molecule has 18 heavy (non-hydrogen) atoms. The number of hydrogen-bond acceptors (Lipinski definition) is 5. The second-order valence-electron chi connectivity index (χ2n) is 5.60. The highest BCUT2D eigenvalue weighted by atomic mass is 32.2. The lowest BCUT2D eigenvalue weighted by molar-refractivity contribution is 0.313. The summed E-state index contributed by atoms with van der Waals surface area (Å²) in [5.74, 6) is 0.818. The first kappa shape index (κ1) is 13.6. The van der Waals surface area contributed by atoms with Gasteiger partial charge in [-0.05, 0) is 31.1 Å². The third-order valence-electron chi connectivity index (χ3n) is 3.87. The standard InChI is InChI=1S/C11H21N3O3S/c12-10(14-15)6-11(3-4-11)8-13-9-2-1-5-18(16,17)7-9/h9,13,15H,1-8H2,(H2,12,14). The monoisotopic (exact) mass is 275 g/mol. The van der Waals surface area contributed by atoms with Crippen LogP contribution in [-0.2, 0) is 9.84 Å². The number of rotatable bonds is 5. The molecule has 1 aliphatic carbocycles. The van der Waals surface area contributed by atoms with Crippen LogP contribution < -0.4 is 11.1 Å². The minimum atomic E-state index is -2.86. The predicted octanol–water partition coefficient (Wildman–Crippen LogP) is 0.0699. The van der Waals surface area contributed by atoms with Gasteiger partial charge in [0.2, 0.25) is 0 Å². The zero-order chi connectivity index (χ0) is 13.2. The van der Waals surface area contributed by atoms with E-state index in [0.29, 0.717) is 12.2 Å². The Morgan fingerprint density at radius 1 is 1.50 bits per heavy atom. The Labute approximate surface area is 108 Å². The molecule has 2 aliphatic rings. The van der Waals surface area contributed by atoms with E-state index in [9.17, 15) is 8.42 Å². The highest BCUT2D eigenvalue weighted by Gasteiger charge is 2.43. The van der Waals surface area contributed by atoms with E-state index in [-0.39, 0.29) is 23.0 Å². The van der Waals surface area contributed by atoms with Crippen molar-refractivity contribution in [2.24, 2.45) is 16.3 Å². The summed E-state index contributed by atoms with van der Waals surface area (Å²) in [4.78, 5) is 0. The second kappa shape index (κ2) is 5.05. The number of nitrogens with zero attached hydrogens (tertiary/aromatic N) is 1. The van der Waals surface area contributed by atoms with Crippen LogP contribution in [0.2, 0.25) is 0 Å². The molecule has 6 nitrogen and oxygen atoms in total. The van der Waals surface area contributed by atoms with Crippen LogP contribution in [-0.4, -0.2) is 43.6 Å². The van der Waals surface area contributed by atoms with Gasteiger partial charge in [-0.1, -0.05) is 5.16 Å². The lowest BCUT2D eigenvalue weighted by Gasteiger charge is -2.25. The zero-order valence-corrected chi connectivity index (χ0v) is 11.2. The fourth-order valence-electron chi connectivity index (χ4n) is 2.56. The van der Waals surface area contributed by atoms with Gasteiger partial charge in [0.1, 0.15) is 5.84 Å². The first-order valence-electron chi connectivity index (χ1n) is 6.35. The molecule has 4 N–H and O–H groups in total. The fraction of sp³-hybridized carbons (Fsp3) is 0.909. The minimum Gasteiger partial charge on any atom is -0.409 e. The summed E-state index contributed by atoms with van der Waals surface area (Å²) in [5.41, 5.74) is 5.61. The first-order chi connectivity index (χ1) is 8.45. The van der Waals surface area contributed by atoms with Gasteiger partial charge in [-0.15, -0.1) is 0 Å². The maximum atomic E-state index is 11.5. The molecule has 7 heteroatoms. The molecule has 1 unspecified atom stereocenters. The third kappa shape index (κ3) is 3.58. The molecule has 1 heterocycles. The van der Waals surface area contributed by atoms with Gasteiger partial charge in [0.25, 0.3) is 0 Å². The Morgan fingerprint density at radius 2 is 2.22 bits per heavy atom. The van der Waals surface area contributed by atoms with E-state index in [2.05, 4.69) is 10.5 Å². The third-order valence-corrected chi connectivity index (χ3v) is 5.69. The summed E-state index contributed by atoms with van der Waals surface area (Å²) in [6.45, 7) is 0.753. The number of nitrogens with one attached hydrogen (secondary N) is 1. The Kier molecular flexibility index (Phi) is 3.82. The number of sulfone groups is 1. The van der Waals surface area contributed by atoms with Crippen molar-refractivity contribution in [2.45, 2.75) is 38.1 Å². The lowest BCUT2D eigenvalue weighted by Crippen LogP contribution is -2.43. The van der Waals surface area contributed by atoms with Gasteiger partial charge in [0.05, 0.1) is 11.5 Å². The average molecular weight is 275 g/mol. The highest BCUT2D eigenvalue weighted by Crippen LogP contribution is 2.48. The van der Waals surface area contributed by atoms with Crippen molar-refractivity contribution in [3.63, 3.8) is 0 Å². The number of nitrogens with two attached hydrogens (primary N) is 1. The Bertz CT molecular complexity index is 429. The van der Waals surface area contributed by atoms with E-state index in [1.165, 1.54) is 0 Å². The van der Waals surface area contributed by atoms with Gasteiger partial charge < -0.3 is 16.3 Å². The Hall–Kier alpha value is -0.820. The molecule has 0 aromatic heterocycles. The van der Waals surface area contributed by atoms with Crippen LogP contribution in [0.25, 0.3) is 0 Å². The second-order valence-corrected chi connectivity index (χ2v) is 7.83. The molecule has 1 atom stereocenters. The van der Waals surface area contributed by atoms with Crippen molar-refractivity contribution < 1.29 is 13.6 Å². The van der Waals surface area contributed by atoms with E-state index >= 15 is 0 Å². The van der Waals surface area contributed by atoms with Crippen LogP contribution in [0, 0.1) is 5.41 Å². The van der Waals surface area contributed by atoms with Crippen molar-refractivity contribution in [3.8, 4) is 0 Å². The van der Waals surface area contributed by atoms with Gasteiger partial charge in [-0.3, -0.25) is 0 Å².